The molecule has 106 valence electrons. The van der Waals surface area contributed by atoms with E-state index in [4.69, 9.17) is 0 Å². The summed E-state index contributed by atoms with van der Waals surface area (Å²) in [5.41, 5.74) is 4.09. The van der Waals surface area contributed by atoms with Crippen LogP contribution in [0, 0.1) is 0 Å². The second-order valence-corrected chi connectivity index (χ2v) is 5.62. The Morgan fingerprint density at radius 1 is 0.857 bits per heavy atom. The van der Waals surface area contributed by atoms with Crippen LogP contribution >= 0.6 is 0 Å². The molecule has 0 amide bonds. The molecule has 0 N–H and O–H groups in total. The molecular formula is C20H22N+. The monoisotopic (exact) mass is 276 g/mol. The Morgan fingerprint density at radius 3 is 2.43 bits per heavy atom. The lowest BCUT2D eigenvalue weighted by Crippen LogP contribution is -2.35. The summed E-state index contributed by atoms with van der Waals surface area (Å²) in [4.78, 5) is 0. The Hall–Kier alpha value is -2.15. The first-order chi connectivity index (χ1) is 10.4. The first kappa shape index (κ1) is 13.8. The zero-order valence-corrected chi connectivity index (χ0v) is 12.6. The lowest BCUT2D eigenvalue weighted by Gasteiger charge is -2.05. The third-order valence-corrected chi connectivity index (χ3v) is 3.92. The fourth-order valence-electron chi connectivity index (χ4n) is 2.81. The van der Waals surface area contributed by atoms with E-state index in [0.29, 0.717) is 0 Å². The van der Waals surface area contributed by atoms with Gasteiger partial charge in [0.15, 0.2) is 12.7 Å². The van der Waals surface area contributed by atoms with Gasteiger partial charge in [0, 0.05) is 22.6 Å². The Kier molecular flexibility index (Phi) is 4.30. The molecule has 0 radical (unpaired) electrons. The van der Waals surface area contributed by atoms with E-state index in [1.54, 1.807) is 0 Å². The van der Waals surface area contributed by atoms with Gasteiger partial charge in [-0.1, -0.05) is 55.8 Å². The molecule has 0 atom stereocenters. The third kappa shape index (κ3) is 3.30. The number of nitrogens with zero attached hydrogens (tertiary/aromatic N) is 1. The molecule has 0 bridgehead atoms. The van der Waals surface area contributed by atoms with Crippen LogP contribution in [0.25, 0.3) is 10.9 Å². The highest BCUT2D eigenvalue weighted by atomic mass is 14.9. The maximum absolute atomic E-state index is 2.38. The summed E-state index contributed by atoms with van der Waals surface area (Å²) >= 11 is 0. The molecule has 1 aromatic heterocycles. The molecule has 0 saturated heterocycles. The van der Waals surface area contributed by atoms with E-state index in [1.807, 2.05) is 0 Å². The normalized spacial score (nSPS) is 10.9. The van der Waals surface area contributed by atoms with Crippen molar-refractivity contribution < 1.29 is 4.57 Å². The maximum Gasteiger partial charge on any atom is 0.212 e. The third-order valence-electron chi connectivity index (χ3n) is 3.92. The minimum absolute atomic E-state index is 0.932. The van der Waals surface area contributed by atoms with E-state index < -0.39 is 0 Å². The van der Waals surface area contributed by atoms with Gasteiger partial charge in [0.25, 0.3) is 0 Å². The highest BCUT2D eigenvalue weighted by Gasteiger charge is 2.11. The molecule has 0 fully saturated rings. The Labute approximate surface area is 126 Å². The number of aryl methyl sites for hydroxylation is 1. The predicted octanol–water partition coefficient (Wildman–Crippen LogP) is 4.52. The van der Waals surface area contributed by atoms with Crippen LogP contribution in [0.2, 0.25) is 0 Å². The van der Waals surface area contributed by atoms with Crippen molar-refractivity contribution >= 4 is 10.9 Å². The van der Waals surface area contributed by atoms with Gasteiger partial charge in [0.1, 0.15) is 0 Å². The van der Waals surface area contributed by atoms with Gasteiger partial charge < -0.3 is 0 Å². The molecule has 1 heteroatoms. The number of hydrogen-bond acceptors (Lipinski definition) is 0. The summed E-state index contributed by atoms with van der Waals surface area (Å²) in [6.07, 6.45) is 5.98. The van der Waals surface area contributed by atoms with Gasteiger partial charge in [-0.3, -0.25) is 0 Å². The quantitative estimate of drug-likeness (QED) is 0.603. The van der Waals surface area contributed by atoms with Gasteiger partial charge in [-0.05, 0) is 25.0 Å². The van der Waals surface area contributed by atoms with Crippen molar-refractivity contribution in [1.29, 1.82) is 0 Å². The topological polar surface area (TPSA) is 3.88 Å². The van der Waals surface area contributed by atoms with Crippen LogP contribution in [0.15, 0.2) is 66.9 Å². The Morgan fingerprint density at radius 2 is 1.62 bits per heavy atom. The van der Waals surface area contributed by atoms with Gasteiger partial charge in [-0.2, -0.15) is 4.57 Å². The van der Waals surface area contributed by atoms with E-state index in [0.717, 1.165) is 13.0 Å². The fourth-order valence-corrected chi connectivity index (χ4v) is 2.81. The SMILES string of the molecule is CCCCc1cc2ccccc2[n+](Cc2ccccc2)c1. The summed E-state index contributed by atoms with van der Waals surface area (Å²) in [5, 5.41) is 1.34. The highest BCUT2D eigenvalue weighted by molar-refractivity contribution is 5.75. The zero-order chi connectivity index (χ0) is 14.5. The first-order valence-electron chi connectivity index (χ1n) is 7.82. The number of hydrogen-bond donors (Lipinski definition) is 0. The molecule has 21 heavy (non-hydrogen) atoms. The number of para-hydroxylation sites is 1. The summed E-state index contributed by atoms with van der Waals surface area (Å²) in [7, 11) is 0. The van der Waals surface area contributed by atoms with E-state index in [2.05, 4.69) is 78.4 Å². The number of benzene rings is 2. The van der Waals surface area contributed by atoms with Crippen LogP contribution in [0.1, 0.15) is 30.9 Å². The maximum atomic E-state index is 2.38. The van der Waals surface area contributed by atoms with Gasteiger partial charge in [-0.15, -0.1) is 0 Å². The van der Waals surface area contributed by atoms with Crippen molar-refractivity contribution in [2.75, 3.05) is 0 Å². The Bertz CT molecular complexity index is 716. The largest absolute Gasteiger partial charge is 0.212 e. The van der Waals surface area contributed by atoms with Gasteiger partial charge >= 0.3 is 0 Å². The molecule has 0 spiro atoms. The van der Waals surface area contributed by atoms with E-state index in [9.17, 15) is 0 Å². The standard InChI is InChI=1S/C20H22N/c1-2-3-9-18-14-19-12-7-8-13-20(19)21(16-18)15-17-10-5-4-6-11-17/h4-8,10-14,16H,2-3,9,15H2,1H3/q+1. The van der Waals surface area contributed by atoms with Crippen LogP contribution in [0.5, 0.6) is 0 Å². The van der Waals surface area contributed by atoms with Crippen molar-refractivity contribution in [2.45, 2.75) is 32.7 Å². The van der Waals surface area contributed by atoms with Crippen molar-refractivity contribution in [3.8, 4) is 0 Å². The van der Waals surface area contributed by atoms with Crippen LogP contribution in [-0.2, 0) is 13.0 Å². The summed E-state index contributed by atoms with van der Waals surface area (Å²) < 4.78 is 2.38. The van der Waals surface area contributed by atoms with Crippen LogP contribution in [0.3, 0.4) is 0 Å². The number of aromatic nitrogens is 1. The molecule has 3 aromatic rings. The van der Waals surface area contributed by atoms with Crippen molar-refractivity contribution in [3.63, 3.8) is 0 Å². The van der Waals surface area contributed by atoms with E-state index >= 15 is 0 Å². The molecule has 0 aliphatic heterocycles. The molecule has 3 rings (SSSR count). The number of rotatable bonds is 5. The average Bonchev–Trinajstić information content (AvgIpc) is 2.54. The lowest BCUT2D eigenvalue weighted by molar-refractivity contribution is -0.662. The zero-order valence-electron chi connectivity index (χ0n) is 12.6. The van der Waals surface area contributed by atoms with Crippen molar-refractivity contribution in [3.05, 3.63) is 78.0 Å². The molecule has 0 aliphatic carbocycles. The molecule has 1 heterocycles. The van der Waals surface area contributed by atoms with E-state index in [-0.39, 0.29) is 0 Å². The van der Waals surface area contributed by atoms with Crippen LogP contribution in [-0.4, -0.2) is 0 Å². The van der Waals surface area contributed by atoms with Gasteiger partial charge in [-0.25, -0.2) is 0 Å². The Balaban J connectivity index is 2.02. The van der Waals surface area contributed by atoms with Gasteiger partial charge in [0.05, 0.1) is 0 Å². The minimum atomic E-state index is 0.932. The second-order valence-electron chi connectivity index (χ2n) is 5.62. The fraction of sp³-hybridized carbons (Fsp3) is 0.250. The summed E-state index contributed by atoms with van der Waals surface area (Å²) in [6.45, 7) is 3.18. The van der Waals surface area contributed by atoms with Crippen molar-refractivity contribution in [2.24, 2.45) is 0 Å². The van der Waals surface area contributed by atoms with Crippen LogP contribution in [0.4, 0.5) is 0 Å². The molecule has 1 nitrogen and oxygen atoms in total. The van der Waals surface area contributed by atoms with Gasteiger partial charge in [0.2, 0.25) is 5.52 Å². The summed E-state index contributed by atoms with van der Waals surface area (Å²) in [5.74, 6) is 0. The first-order valence-corrected chi connectivity index (χ1v) is 7.82. The molecule has 0 saturated carbocycles. The average molecular weight is 276 g/mol. The molecule has 0 aliphatic rings. The highest BCUT2D eigenvalue weighted by Crippen LogP contribution is 2.14. The number of unbranched alkanes of at least 4 members (excludes halogenated alkanes) is 1. The predicted molar refractivity (Wildman–Crippen MR) is 88.3 cm³/mol. The second kappa shape index (κ2) is 6.53. The minimum Gasteiger partial charge on any atom is -0.194 e. The number of fused-ring (bicyclic) bond motifs is 1. The van der Waals surface area contributed by atoms with E-state index in [1.165, 1.54) is 34.9 Å². The molecular weight excluding hydrogens is 254 g/mol. The molecule has 2 aromatic carbocycles. The summed E-state index contributed by atoms with van der Waals surface area (Å²) in [6, 6.07) is 21.7. The number of pyridine rings is 1. The van der Waals surface area contributed by atoms with Crippen LogP contribution < -0.4 is 4.57 Å². The smallest absolute Gasteiger partial charge is 0.194 e. The van der Waals surface area contributed by atoms with Crippen molar-refractivity contribution in [1.82, 2.24) is 0 Å². The lowest BCUT2D eigenvalue weighted by atomic mass is 10.1. The molecule has 0 unspecified atom stereocenters.